The van der Waals surface area contributed by atoms with E-state index >= 15 is 0 Å². The predicted octanol–water partition coefficient (Wildman–Crippen LogP) is 2.36. The van der Waals surface area contributed by atoms with E-state index in [0.29, 0.717) is 16.6 Å². The summed E-state index contributed by atoms with van der Waals surface area (Å²) in [6.07, 6.45) is 5.59. The van der Waals surface area contributed by atoms with Crippen LogP contribution in [0.15, 0.2) is 18.5 Å². The maximum absolute atomic E-state index is 13.7. The number of nitrogens with zero attached hydrogens (tertiary/aromatic N) is 2. The number of halogens is 2. The molecule has 0 bridgehead atoms. The second-order valence-electron chi connectivity index (χ2n) is 4.64. The van der Waals surface area contributed by atoms with Gasteiger partial charge >= 0.3 is 0 Å². The zero-order valence-corrected chi connectivity index (χ0v) is 10.7. The van der Waals surface area contributed by atoms with Gasteiger partial charge in [-0.05, 0) is 12.0 Å². The second kappa shape index (κ2) is 4.96. The number of hydrogen-bond acceptors (Lipinski definition) is 3. The summed E-state index contributed by atoms with van der Waals surface area (Å²) in [7, 11) is 0. The van der Waals surface area contributed by atoms with E-state index in [2.05, 4.69) is 16.0 Å². The standard InChI is InChI=1S/C13H14ClFN2O/c14-11-5-16-6-12(15)13(11)9-1-3-17(4-2-9)10-7-18-8-10/h1,5-6,10H,2-4,7-8H2. The molecule has 3 nitrogen and oxygen atoms in total. The van der Waals surface area contributed by atoms with Gasteiger partial charge in [0.25, 0.3) is 0 Å². The van der Waals surface area contributed by atoms with Crippen LogP contribution in [0.1, 0.15) is 12.0 Å². The third-order valence-corrected chi connectivity index (χ3v) is 3.84. The molecular formula is C13H14ClFN2O. The normalized spacial score (nSPS) is 21.6. The molecular weight excluding hydrogens is 255 g/mol. The molecule has 18 heavy (non-hydrogen) atoms. The highest BCUT2D eigenvalue weighted by atomic mass is 35.5. The predicted molar refractivity (Wildman–Crippen MR) is 68.0 cm³/mol. The van der Waals surface area contributed by atoms with Crippen molar-refractivity contribution in [1.29, 1.82) is 0 Å². The number of hydrogen-bond donors (Lipinski definition) is 0. The maximum Gasteiger partial charge on any atom is 0.150 e. The average molecular weight is 269 g/mol. The van der Waals surface area contributed by atoms with Crippen molar-refractivity contribution in [1.82, 2.24) is 9.88 Å². The molecule has 0 unspecified atom stereocenters. The molecule has 3 rings (SSSR count). The second-order valence-corrected chi connectivity index (χ2v) is 5.05. The fourth-order valence-corrected chi connectivity index (χ4v) is 2.66. The third kappa shape index (κ3) is 2.16. The zero-order chi connectivity index (χ0) is 12.5. The van der Waals surface area contributed by atoms with Gasteiger partial charge in [0.05, 0.1) is 30.5 Å². The zero-order valence-electron chi connectivity index (χ0n) is 9.90. The Morgan fingerprint density at radius 2 is 2.22 bits per heavy atom. The van der Waals surface area contributed by atoms with E-state index in [1.165, 1.54) is 12.4 Å². The van der Waals surface area contributed by atoms with Gasteiger partial charge in [0.2, 0.25) is 0 Å². The molecule has 0 aliphatic carbocycles. The van der Waals surface area contributed by atoms with E-state index in [1.807, 2.05) is 0 Å². The minimum absolute atomic E-state index is 0.339. The maximum atomic E-state index is 13.7. The van der Waals surface area contributed by atoms with Crippen LogP contribution in [0.4, 0.5) is 4.39 Å². The lowest BCUT2D eigenvalue weighted by atomic mass is 9.99. The van der Waals surface area contributed by atoms with Crippen molar-refractivity contribution < 1.29 is 9.13 Å². The van der Waals surface area contributed by atoms with E-state index in [-0.39, 0.29) is 5.82 Å². The van der Waals surface area contributed by atoms with Crippen molar-refractivity contribution in [2.24, 2.45) is 0 Å². The summed E-state index contributed by atoms with van der Waals surface area (Å²) in [4.78, 5) is 6.10. The quantitative estimate of drug-likeness (QED) is 0.823. The van der Waals surface area contributed by atoms with Gasteiger partial charge in [0.1, 0.15) is 5.82 Å². The van der Waals surface area contributed by atoms with Crippen LogP contribution in [-0.4, -0.2) is 42.2 Å². The van der Waals surface area contributed by atoms with Crippen LogP contribution in [0.2, 0.25) is 5.02 Å². The van der Waals surface area contributed by atoms with Crippen LogP contribution in [-0.2, 0) is 4.74 Å². The van der Waals surface area contributed by atoms with E-state index in [9.17, 15) is 4.39 Å². The lowest BCUT2D eigenvalue weighted by molar-refractivity contribution is -0.0612. The molecule has 0 saturated carbocycles. The summed E-state index contributed by atoms with van der Waals surface area (Å²) in [5.74, 6) is -0.339. The summed E-state index contributed by atoms with van der Waals surface area (Å²) >= 11 is 6.02. The van der Waals surface area contributed by atoms with Gasteiger partial charge in [0.15, 0.2) is 0 Å². The first-order valence-corrected chi connectivity index (χ1v) is 6.43. The molecule has 5 heteroatoms. The van der Waals surface area contributed by atoms with Crippen LogP contribution in [0.5, 0.6) is 0 Å². The first-order chi connectivity index (χ1) is 8.75. The molecule has 0 aromatic carbocycles. The molecule has 3 heterocycles. The summed E-state index contributed by atoms with van der Waals surface area (Å²) in [6.45, 7) is 3.39. The lowest BCUT2D eigenvalue weighted by Crippen LogP contribution is -2.50. The number of rotatable bonds is 2. The van der Waals surface area contributed by atoms with Gasteiger partial charge in [-0.3, -0.25) is 9.88 Å². The molecule has 1 aromatic heterocycles. The first kappa shape index (κ1) is 12.1. The molecule has 1 aromatic rings. The van der Waals surface area contributed by atoms with E-state index in [4.69, 9.17) is 16.3 Å². The molecule has 0 radical (unpaired) electrons. The molecule has 2 aliphatic rings. The molecule has 2 aliphatic heterocycles. The summed E-state index contributed by atoms with van der Waals surface area (Å²) < 4.78 is 18.9. The fraction of sp³-hybridized carbons (Fsp3) is 0.462. The summed E-state index contributed by atoms with van der Waals surface area (Å²) in [5.41, 5.74) is 1.49. The van der Waals surface area contributed by atoms with Crippen LogP contribution >= 0.6 is 11.6 Å². The van der Waals surface area contributed by atoms with Gasteiger partial charge in [-0.15, -0.1) is 0 Å². The van der Waals surface area contributed by atoms with Crippen molar-refractivity contribution in [3.05, 3.63) is 34.9 Å². The average Bonchev–Trinajstić information content (AvgIpc) is 2.29. The van der Waals surface area contributed by atoms with Gasteiger partial charge in [-0.25, -0.2) is 4.39 Å². The van der Waals surface area contributed by atoms with Crippen LogP contribution in [0.3, 0.4) is 0 Å². The highest BCUT2D eigenvalue weighted by Gasteiger charge is 2.27. The smallest absolute Gasteiger partial charge is 0.150 e. The minimum Gasteiger partial charge on any atom is -0.378 e. The Labute approximate surface area is 110 Å². The highest BCUT2D eigenvalue weighted by Crippen LogP contribution is 2.30. The van der Waals surface area contributed by atoms with Crippen molar-refractivity contribution in [3.8, 4) is 0 Å². The minimum atomic E-state index is -0.339. The Balaban J connectivity index is 1.79. The van der Waals surface area contributed by atoms with Crippen molar-refractivity contribution in [3.63, 3.8) is 0 Å². The third-order valence-electron chi connectivity index (χ3n) is 3.55. The number of ether oxygens (including phenoxy) is 1. The first-order valence-electron chi connectivity index (χ1n) is 6.06. The fourth-order valence-electron chi connectivity index (χ4n) is 2.40. The Morgan fingerprint density at radius 3 is 2.78 bits per heavy atom. The summed E-state index contributed by atoms with van der Waals surface area (Å²) in [5, 5.41) is 0.390. The largest absolute Gasteiger partial charge is 0.378 e. The molecule has 1 saturated heterocycles. The van der Waals surface area contributed by atoms with Gasteiger partial charge < -0.3 is 4.74 Å². The molecule has 1 fully saturated rings. The number of aromatic nitrogens is 1. The monoisotopic (exact) mass is 268 g/mol. The van der Waals surface area contributed by atoms with Gasteiger partial charge in [-0.1, -0.05) is 17.7 Å². The molecule has 0 atom stereocenters. The van der Waals surface area contributed by atoms with Crippen molar-refractivity contribution >= 4 is 17.2 Å². The van der Waals surface area contributed by atoms with Crippen molar-refractivity contribution in [2.75, 3.05) is 26.3 Å². The van der Waals surface area contributed by atoms with E-state index < -0.39 is 0 Å². The lowest BCUT2D eigenvalue weighted by Gasteiger charge is -2.38. The van der Waals surface area contributed by atoms with Crippen LogP contribution in [0.25, 0.3) is 5.57 Å². The molecule has 0 spiro atoms. The number of pyridine rings is 1. The van der Waals surface area contributed by atoms with Gasteiger partial charge in [0, 0.05) is 24.8 Å². The Kier molecular flexibility index (Phi) is 3.33. The van der Waals surface area contributed by atoms with Gasteiger partial charge in [-0.2, -0.15) is 0 Å². The molecule has 0 N–H and O–H groups in total. The van der Waals surface area contributed by atoms with Crippen molar-refractivity contribution in [2.45, 2.75) is 12.5 Å². The van der Waals surface area contributed by atoms with Crippen LogP contribution in [0, 0.1) is 5.82 Å². The molecule has 0 amide bonds. The SMILES string of the molecule is Fc1cncc(Cl)c1C1=CCN(C2COC2)CC1. The highest BCUT2D eigenvalue weighted by molar-refractivity contribution is 6.32. The molecule has 96 valence electrons. The Morgan fingerprint density at radius 1 is 1.39 bits per heavy atom. The topological polar surface area (TPSA) is 25.4 Å². The van der Waals surface area contributed by atoms with E-state index in [1.54, 1.807) is 0 Å². The Bertz CT molecular complexity index is 468. The van der Waals surface area contributed by atoms with Crippen LogP contribution < -0.4 is 0 Å². The summed E-state index contributed by atoms with van der Waals surface area (Å²) in [6, 6.07) is 0.528. The Hall–Kier alpha value is -0.970. The van der Waals surface area contributed by atoms with E-state index in [0.717, 1.165) is 38.3 Å².